The highest BCUT2D eigenvalue weighted by Gasteiger charge is 2.13. The summed E-state index contributed by atoms with van der Waals surface area (Å²) in [6.07, 6.45) is 2.05. The third-order valence-corrected chi connectivity index (χ3v) is 4.72. The molecule has 2 aromatic carbocycles. The highest BCUT2D eigenvalue weighted by atomic mass is 32.2. The largest absolute Gasteiger partial charge is 0.486 e. The number of hydrogen-bond acceptors (Lipinski definition) is 4. The van der Waals surface area contributed by atoms with Gasteiger partial charge in [-0.3, -0.25) is 0 Å². The van der Waals surface area contributed by atoms with Gasteiger partial charge >= 0.3 is 6.03 Å². The van der Waals surface area contributed by atoms with Gasteiger partial charge in [-0.25, -0.2) is 4.79 Å². The van der Waals surface area contributed by atoms with Crippen LogP contribution in [0, 0.1) is 0 Å². The SMILES string of the molecule is CSc1ccc(CN(C)C(=O)NCc2ccc3c(c2)OCCO3)cc1. The van der Waals surface area contributed by atoms with E-state index in [-0.39, 0.29) is 6.03 Å². The molecule has 132 valence electrons. The molecule has 2 amide bonds. The molecule has 2 aromatic rings. The smallest absolute Gasteiger partial charge is 0.317 e. The molecule has 25 heavy (non-hydrogen) atoms. The Morgan fingerprint density at radius 3 is 2.48 bits per heavy atom. The van der Waals surface area contributed by atoms with Crippen LogP contribution in [-0.4, -0.2) is 37.4 Å². The van der Waals surface area contributed by atoms with E-state index in [1.165, 1.54) is 4.90 Å². The minimum absolute atomic E-state index is 0.108. The molecule has 1 aliphatic heterocycles. The van der Waals surface area contributed by atoms with Crippen molar-refractivity contribution in [2.24, 2.45) is 0 Å². The number of ether oxygens (including phenoxy) is 2. The minimum Gasteiger partial charge on any atom is -0.486 e. The molecule has 0 aliphatic carbocycles. The van der Waals surface area contributed by atoms with Gasteiger partial charge in [-0.05, 0) is 41.6 Å². The molecular weight excluding hydrogens is 336 g/mol. The van der Waals surface area contributed by atoms with Gasteiger partial charge in [0.15, 0.2) is 11.5 Å². The summed E-state index contributed by atoms with van der Waals surface area (Å²) in [5, 5.41) is 2.93. The average molecular weight is 358 g/mol. The van der Waals surface area contributed by atoms with Gasteiger partial charge in [0.05, 0.1) is 0 Å². The third kappa shape index (κ3) is 4.60. The van der Waals surface area contributed by atoms with Crippen LogP contribution in [0.2, 0.25) is 0 Å². The number of nitrogens with zero attached hydrogens (tertiary/aromatic N) is 1. The van der Waals surface area contributed by atoms with E-state index >= 15 is 0 Å². The van der Waals surface area contributed by atoms with Crippen LogP contribution in [0.4, 0.5) is 4.79 Å². The van der Waals surface area contributed by atoms with Crippen molar-refractivity contribution in [3.63, 3.8) is 0 Å². The predicted molar refractivity (Wildman–Crippen MR) is 99.4 cm³/mol. The van der Waals surface area contributed by atoms with Gasteiger partial charge in [0.25, 0.3) is 0 Å². The van der Waals surface area contributed by atoms with Crippen molar-refractivity contribution in [2.75, 3.05) is 26.5 Å². The van der Waals surface area contributed by atoms with E-state index < -0.39 is 0 Å². The molecule has 6 heteroatoms. The summed E-state index contributed by atoms with van der Waals surface area (Å²) < 4.78 is 11.1. The Bertz CT molecular complexity index is 734. The lowest BCUT2D eigenvalue weighted by atomic mass is 10.2. The molecule has 0 spiro atoms. The van der Waals surface area contributed by atoms with Gasteiger partial charge in [-0.2, -0.15) is 0 Å². The number of rotatable bonds is 5. The van der Waals surface area contributed by atoms with E-state index in [4.69, 9.17) is 9.47 Å². The molecule has 0 aromatic heterocycles. The van der Waals surface area contributed by atoms with Gasteiger partial charge in [0.1, 0.15) is 13.2 Å². The number of benzene rings is 2. The lowest BCUT2D eigenvalue weighted by Gasteiger charge is -2.20. The zero-order chi connectivity index (χ0) is 17.6. The summed E-state index contributed by atoms with van der Waals surface area (Å²) in [6, 6.07) is 13.9. The Hall–Kier alpha value is -2.34. The first kappa shape index (κ1) is 17.5. The molecule has 1 N–H and O–H groups in total. The molecule has 0 unspecified atom stereocenters. The Kier molecular flexibility index (Phi) is 5.71. The molecule has 1 aliphatic rings. The number of urea groups is 1. The minimum atomic E-state index is -0.108. The fraction of sp³-hybridized carbons (Fsp3) is 0.316. The maximum atomic E-state index is 12.3. The standard InChI is InChI=1S/C19H22N2O3S/c1-21(13-14-3-6-16(25-2)7-4-14)19(22)20-12-15-5-8-17-18(11-15)24-10-9-23-17/h3-8,11H,9-10,12-13H2,1-2H3,(H,20,22). The highest BCUT2D eigenvalue weighted by molar-refractivity contribution is 7.98. The first-order valence-corrected chi connectivity index (χ1v) is 9.38. The van der Waals surface area contributed by atoms with Crippen molar-refractivity contribution in [3.05, 3.63) is 53.6 Å². The Morgan fingerprint density at radius 1 is 1.08 bits per heavy atom. The zero-order valence-corrected chi connectivity index (χ0v) is 15.3. The summed E-state index contributed by atoms with van der Waals surface area (Å²) in [7, 11) is 1.79. The van der Waals surface area contributed by atoms with Gasteiger partial charge in [-0.15, -0.1) is 11.8 Å². The topological polar surface area (TPSA) is 50.8 Å². The third-order valence-electron chi connectivity index (χ3n) is 3.98. The number of amides is 2. The second-order valence-corrected chi connectivity index (χ2v) is 6.72. The maximum Gasteiger partial charge on any atom is 0.317 e. The Labute approximate surface area is 152 Å². The van der Waals surface area contributed by atoms with Crippen LogP contribution in [0.25, 0.3) is 0 Å². The number of carbonyl (C=O) groups excluding carboxylic acids is 1. The van der Waals surface area contributed by atoms with Crippen molar-refractivity contribution in [1.29, 1.82) is 0 Å². The van der Waals surface area contributed by atoms with E-state index in [1.807, 2.05) is 24.5 Å². The number of thioether (sulfide) groups is 1. The molecule has 3 rings (SSSR count). The monoisotopic (exact) mass is 358 g/mol. The van der Waals surface area contributed by atoms with Gasteiger partial charge in [-0.1, -0.05) is 18.2 Å². The lowest BCUT2D eigenvalue weighted by Crippen LogP contribution is -2.36. The van der Waals surface area contributed by atoms with Crippen molar-refractivity contribution >= 4 is 17.8 Å². The maximum absolute atomic E-state index is 12.3. The van der Waals surface area contributed by atoms with Crippen LogP contribution < -0.4 is 14.8 Å². The number of hydrogen-bond donors (Lipinski definition) is 1. The van der Waals surface area contributed by atoms with Gasteiger partial charge < -0.3 is 19.7 Å². The van der Waals surface area contributed by atoms with E-state index in [0.29, 0.717) is 26.3 Å². The van der Waals surface area contributed by atoms with Crippen LogP contribution in [-0.2, 0) is 13.1 Å². The van der Waals surface area contributed by atoms with E-state index in [9.17, 15) is 4.79 Å². The Balaban J connectivity index is 1.52. The first-order valence-electron chi connectivity index (χ1n) is 8.16. The molecular formula is C19H22N2O3S. The van der Waals surface area contributed by atoms with Crippen molar-refractivity contribution in [3.8, 4) is 11.5 Å². The summed E-state index contributed by atoms with van der Waals surface area (Å²) in [5.41, 5.74) is 2.09. The molecule has 0 bridgehead atoms. The molecule has 0 fully saturated rings. The first-order chi connectivity index (χ1) is 12.2. The van der Waals surface area contributed by atoms with E-state index in [1.54, 1.807) is 23.7 Å². The second kappa shape index (κ2) is 8.16. The van der Waals surface area contributed by atoms with Crippen LogP contribution in [0.1, 0.15) is 11.1 Å². The van der Waals surface area contributed by atoms with E-state index in [2.05, 4.69) is 29.6 Å². The lowest BCUT2D eigenvalue weighted by molar-refractivity contribution is 0.171. The van der Waals surface area contributed by atoms with Crippen LogP contribution >= 0.6 is 11.8 Å². The molecule has 0 saturated carbocycles. The molecule has 0 saturated heterocycles. The van der Waals surface area contributed by atoms with Gasteiger partial charge in [0.2, 0.25) is 0 Å². The van der Waals surface area contributed by atoms with Crippen molar-refractivity contribution in [1.82, 2.24) is 10.2 Å². The second-order valence-electron chi connectivity index (χ2n) is 5.84. The highest BCUT2D eigenvalue weighted by Crippen LogP contribution is 2.30. The summed E-state index contributed by atoms with van der Waals surface area (Å²) in [4.78, 5) is 15.2. The summed E-state index contributed by atoms with van der Waals surface area (Å²) in [6.45, 7) is 2.15. The number of nitrogens with one attached hydrogen (secondary N) is 1. The molecule has 0 radical (unpaired) electrons. The summed E-state index contributed by atoms with van der Waals surface area (Å²) >= 11 is 1.71. The number of carbonyl (C=O) groups is 1. The van der Waals surface area contributed by atoms with Crippen LogP contribution in [0.5, 0.6) is 11.5 Å². The van der Waals surface area contributed by atoms with Crippen molar-refractivity contribution in [2.45, 2.75) is 18.0 Å². The zero-order valence-electron chi connectivity index (χ0n) is 14.5. The quantitative estimate of drug-likeness (QED) is 0.831. The fourth-order valence-electron chi connectivity index (χ4n) is 2.59. The van der Waals surface area contributed by atoms with Crippen LogP contribution in [0.3, 0.4) is 0 Å². The molecule has 0 atom stereocenters. The molecule has 1 heterocycles. The van der Waals surface area contributed by atoms with Gasteiger partial charge in [0, 0.05) is 25.0 Å². The Morgan fingerprint density at radius 2 is 1.76 bits per heavy atom. The number of fused-ring (bicyclic) bond motifs is 1. The summed E-state index contributed by atoms with van der Waals surface area (Å²) in [5.74, 6) is 1.49. The normalized spacial score (nSPS) is 12.6. The van der Waals surface area contributed by atoms with E-state index in [0.717, 1.165) is 22.6 Å². The van der Waals surface area contributed by atoms with Crippen molar-refractivity contribution < 1.29 is 14.3 Å². The van der Waals surface area contributed by atoms with Crippen LogP contribution in [0.15, 0.2) is 47.4 Å². The average Bonchev–Trinajstić information content (AvgIpc) is 2.66. The molecule has 5 nitrogen and oxygen atoms in total. The predicted octanol–water partition coefficient (Wildman–Crippen LogP) is 3.52. The fourth-order valence-corrected chi connectivity index (χ4v) is 3.00.